The molecule has 0 aliphatic heterocycles. The van der Waals surface area contributed by atoms with Gasteiger partial charge in [0.25, 0.3) is 0 Å². The summed E-state index contributed by atoms with van der Waals surface area (Å²) in [5, 5.41) is 0. The molecule has 4 aromatic rings. The number of hydrogen-bond acceptors (Lipinski definition) is 9. The molecule has 0 fully saturated rings. The number of hydrogen-bond donors (Lipinski definition) is 0. The van der Waals surface area contributed by atoms with E-state index in [1.807, 2.05) is 0 Å². The Hall–Kier alpha value is -4.46. The monoisotopic (exact) mass is 716 g/mol. The number of benzene rings is 4. The molecule has 0 unspecified atom stereocenters. The van der Waals surface area contributed by atoms with Gasteiger partial charge in [-0.05, 0) is 100 Å². The van der Waals surface area contributed by atoms with Crippen LogP contribution in [0, 0.1) is 11.6 Å². The Balaban J connectivity index is 1.95. The average Bonchev–Trinajstić information content (AvgIpc) is 3.01. The molecule has 0 saturated carbocycles. The zero-order chi connectivity index (χ0) is 36.0. The Bertz CT molecular complexity index is 1850. The molecular weight excluding hydrogens is 679 g/mol. The lowest BCUT2D eigenvalue weighted by Crippen LogP contribution is -2.28. The Labute approximate surface area is 286 Å². The predicted octanol–water partition coefficient (Wildman–Crippen LogP) is 8.01. The molecule has 262 valence electrons. The van der Waals surface area contributed by atoms with Gasteiger partial charge in [0.15, 0.2) is 13.2 Å². The number of esters is 2. The minimum atomic E-state index is -4.98. The molecule has 0 bridgehead atoms. The van der Waals surface area contributed by atoms with E-state index < -0.39 is 73.3 Å². The van der Waals surface area contributed by atoms with Gasteiger partial charge < -0.3 is 18.9 Å². The lowest BCUT2D eigenvalue weighted by atomic mass is 10.2. The highest BCUT2D eigenvalue weighted by atomic mass is 32.3. The van der Waals surface area contributed by atoms with E-state index in [1.54, 1.807) is 102 Å². The van der Waals surface area contributed by atoms with Gasteiger partial charge in [-0.3, -0.25) is 0 Å². The summed E-state index contributed by atoms with van der Waals surface area (Å²) in [5.74, 6) is -3.61. The van der Waals surface area contributed by atoms with E-state index in [0.717, 1.165) is 12.1 Å². The van der Waals surface area contributed by atoms with Crippen molar-refractivity contribution in [2.75, 3.05) is 13.2 Å². The summed E-state index contributed by atoms with van der Waals surface area (Å²) >= 11 is 0. The smallest absolute Gasteiger partial charge is 0.344 e. The summed E-state index contributed by atoms with van der Waals surface area (Å²) < 4.78 is 85.6. The van der Waals surface area contributed by atoms with Crippen molar-refractivity contribution in [2.45, 2.75) is 72.3 Å². The average molecular weight is 717 g/mol. The third-order valence-corrected chi connectivity index (χ3v) is 11.5. The van der Waals surface area contributed by atoms with Crippen LogP contribution in [0.25, 0.3) is 0 Å². The maximum Gasteiger partial charge on any atom is 0.344 e. The van der Waals surface area contributed by atoms with Crippen LogP contribution in [0.1, 0.15) is 41.5 Å². The summed E-state index contributed by atoms with van der Waals surface area (Å²) in [6, 6.07) is 23.1. The van der Waals surface area contributed by atoms with Gasteiger partial charge in [0.1, 0.15) is 39.2 Å². The Morgan fingerprint density at radius 1 is 0.633 bits per heavy atom. The van der Waals surface area contributed by atoms with Crippen LogP contribution in [-0.4, -0.2) is 44.8 Å². The Morgan fingerprint density at radius 2 is 1.12 bits per heavy atom. The normalized spacial score (nSPS) is 12.6. The summed E-state index contributed by atoms with van der Waals surface area (Å²) in [4.78, 5) is 25.2. The zero-order valence-corrected chi connectivity index (χ0v) is 29.5. The summed E-state index contributed by atoms with van der Waals surface area (Å²) in [7, 11) is -8.40. The molecule has 0 N–H and O–H groups in total. The van der Waals surface area contributed by atoms with Gasteiger partial charge in [0.05, 0.1) is 4.90 Å². The van der Waals surface area contributed by atoms with E-state index in [4.69, 9.17) is 22.6 Å². The first kappa shape index (κ1) is 37.4. The van der Waals surface area contributed by atoms with Crippen LogP contribution in [-0.2, 0) is 32.8 Å². The van der Waals surface area contributed by atoms with Gasteiger partial charge in [0, 0.05) is 21.9 Å². The predicted molar refractivity (Wildman–Crippen MR) is 179 cm³/mol. The van der Waals surface area contributed by atoms with Crippen molar-refractivity contribution in [3.05, 3.63) is 109 Å². The van der Waals surface area contributed by atoms with Crippen LogP contribution in [0.3, 0.4) is 0 Å². The van der Waals surface area contributed by atoms with E-state index in [2.05, 4.69) is 0 Å². The fraction of sp³-hybridized carbons (Fsp3) is 0.278. The van der Waals surface area contributed by atoms with Crippen molar-refractivity contribution < 1.29 is 49.4 Å². The van der Waals surface area contributed by atoms with Gasteiger partial charge in [-0.2, -0.15) is 8.42 Å². The summed E-state index contributed by atoms with van der Waals surface area (Å²) in [6.45, 7) is 9.14. The Kier molecular flexibility index (Phi) is 11.4. The van der Waals surface area contributed by atoms with Crippen molar-refractivity contribution in [2.24, 2.45) is 0 Å². The molecule has 0 amide bonds. The van der Waals surface area contributed by atoms with Gasteiger partial charge in [-0.1, -0.05) is 36.4 Å². The van der Waals surface area contributed by atoms with Crippen molar-refractivity contribution in [1.82, 2.24) is 0 Å². The van der Waals surface area contributed by atoms with Crippen LogP contribution < -0.4 is 9.47 Å². The minimum absolute atomic E-state index is 0.0509. The fourth-order valence-electron chi connectivity index (χ4n) is 4.53. The van der Waals surface area contributed by atoms with Crippen LogP contribution in [0.15, 0.2) is 117 Å². The molecule has 0 atom stereocenters. The first-order chi connectivity index (χ1) is 22.9. The molecule has 0 spiro atoms. The second kappa shape index (κ2) is 15.0. The number of carbonyl (C=O) groups excluding carboxylic acids is 2. The molecule has 0 aromatic heterocycles. The first-order valence-corrected chi connectivity index (χ1v) is 18.0. The van der Waals surface area contributed by atoms with Gasteiger partial charge in [0.2, 0.25) is 0 Å². The molecule has 0 aliphatic rings. The number of halogens is 2. The highest BCUT2D eigenvalue weighted by Gasteiger charge is 2.41. The zero-order valence-electron chi connectivity index (χ0n) is 27.9. The van der Waals surface area contributed by atoms with E-state index in [1.165, 1.54) is 18.2 Å². The highest BCUT2D eigenvalue weighted by Crippen LogP contribution is 2.72. The second-order valence-corrected chi connectivity index (χ2v) is 17.0. The highest BCUT2D eigenvalue weighted by molar-refractivity contribution is 8.33. The standard InChI is InChI=1S/C36H38F2O9S2/c1-35(2,3)45-33(39)23-43-26-18-20-32(30(22-26)44-24-34(40)46-36(4,5)6)48(27-13-9-7-10-14-27,28-15-11-8-12-16-28)47-49(41,42)31-19-17-25(37)21-29(31)38/h7-22H,23-24H2,1-6H3. The molecule has 49 heavy (non-hydrogen) atoms. The Morgan fingerprint density at radius 3 is 1.61 bits per heavy atom. The van der Waals surface area contributed by atoms with E-state index in [0.29, 0.717) is 15.9 Å². The molecule has 13 heteroatoms. The first-order valence-electron chi connectivity index (χ1n) is 15.1. The van der Waals surface area contributed by atoms with Crippen LogP contribution in [0.5, 0.6) is 11.5 Å². The number of ether oxygens (including phenoxy) is 4. The summed E-state index contributed by atoms with van der Waals surface area (Å²) in [6.07, 6.45) is 0. The lowest BCUT2D eigenvalue weighted by molar-refractivity contribution is -0.158. The van der Waals surface area contributed by atoms with Crippen molar-refractivity contribution in [3.8, 4) is 11.5 Å². The van der Waals surface area contributed by atoms with Crippen LogP contribution in [0.4, 0.5) is 8.78 Å². The third kappa shape index (κ3) is 9.80. The van der Waals surface area contributed by atoms with Gasteiger partial charge >= 0.3 is 22.1 Å². The fourth-order valence-corrected chi connectivity index (χ4v) is 9.87. The van der Waals surface area contributed by atoms with Gasteiger partial charge in [-0.15, -0.1) is 0 Å². The molecule has 4 rings (SSSR count). The topological polar surface area (TPSA) is 114 Å². The lowest BCUT2D eigenvalue weighted by Gasteiger charge is -2.40. The molecule has 0 saturated heterocycles. The molecular formula is C36H38F2O9S2. The van der Waals surface area contributed by atoms with E-state index in [-0.39, 0.29) is 16.4 Å². The number of carbonyl (C=O) groups is 2. The summed E-state index contributed by atoms with van der Waals surface area (Å²) in [5.41, 5.74) is -1.59. The van der Waals surface area contributed by atoms with Crippen LogP contribution in [0.2, 0.25) is 0 Å². The van der Waals surface area contributed by atoms with E-state index >= 15 is 4.39 Å². The van der Waals surface area contributed by atoms with Crippen LogP contribution >= 0.6 is 10.3 Å². The molecule has 0 aliphatic carbocycles. The second-order valence-electron chi connectivity index (χ2n) is 12.6. The van der Waals surface area contributed by atoms with E-state index in [9.17, 15) is 22.4 Å². The number of rotatable bonds is 12. The largest absolute Gasteiger partial charge is 0.482 e. The molecule has 4 aromatic carbocycles. The third-order valence-electron chi connectivity index (χ3n) is 6.27. The SMILES string of the molecule is CC(C)(C)OC(=O)COc1ccc(S(OS(=O)(=O)c2ccc(F)cc2F)(c2ccccc2)c2ccccc2)c(OCC(=O)OC(C)(C)C)c1. The van der Waals surface area contributed by atoms with Crippen molar-refractivity contribution in [1.29, 1.82) is 0 Å². The van der Waals surface area contributed by atoms with Crippen molar-refractivity contribution in [3.63, 3.8) is 0 Å². The maximum absolute atomic E-state index is 15.0. The van der Waals surface area contributed by atoms with Crippen molar-refractivity contribution >= 4 is 32.4 Å². The molecule has 9 nitrogen and oxygen atoms in total. The quantitative estimate of drug-likeness (QED) is 0.135. The minimum Gasteiger partial charge on any atom is -0.482 e. The van der Waals surface area contributed by atoms with Gasteiger partial charge in [-0.25, -0.2) is 22.0 Å². The maximum atomic E-state index is 15.0. The molecule has 0 heterocycles. The molecule has 0 radical (unpaired) electrons.